The van der Waals surface area contributed by atoms with Gasteiger partial charge in [0.1, 0.15) is 6.61 Å². The molecule has 7 heteroatoms. The SMILES string of the molecule is O=C(NCCBr)OCc1ccc([N+](=O)[O-])cc1. The first-order chi connectivity index (χ1) is 8.13. The zero-order chi connectivity index (χ0) is 12.7. The van der Waals surface area contributed by atoms with Gasteiger partial charge in [0.05, 0.1) is 4.92 Å². The average molecular weight is 303 g/mol. The minimum absolute atomic E-state index is 0.0116. The summed E-state index contributed by atoms with van der Waals surface area (Å²) in [6.07, 6.45) is -0.511. The van der Waals surface area contributed by atoms with Gasteiger partial charge >= 0.3 is 6.09 Å². The maximum Gasteiger partial charge on any atom is 0.407 e. The number of nitro groups is 1. The molecule has 0 aromatic heterocycles. The van der Waals surface area contributed by atoms with Crippen molar-refractivity contribution in [3.8, 4) is 0 Å². The van der Waals surface area contributed by atoms with E-state index in [0.717, 1.165) is 0 Å². The van der Waals surface area contributed by atoms with Crippen LogP contribution < -0.4 is 5.32 Å². The van der Waals surface area contributed by atoms with Crippen LogP contribution in [0.3, 0.4) is 0 Å². The second-order valence-corrected chi connectivity index (χ2v) is 3.91. The highest BCUT2D eigenvalue weighted by atomic mass is 79.9. The number of non-ortho nitro benzene ring substituents is 1. The number of carbonyl (C=O) groups is 1. The maximum atomic E-state index is 11.1. The Balaban J connectivity index is 2.42. The fraction of sp³-hybridized carbons (Fsp3) is 0.300. The van der Waals surface area contributed by atoms with Gasteiger partial charge in [-0.15, -0.1) is 0 Å². The lowest BCUT2D eigenvalue weighted by molar-refractivity contribution is -0.384. The second kappa shape index (κ2) is 6.85. The lowest BCUT2D eigenvalue weighted by atomic mass is 10.2. The molecular weight excluding hydrogens is 292 g/mol. The molecule has 1 aromatic rings. The number of amides is 1. The first kappa shape index (κ1) is 13.4. The number of nitrogens with one attached hydrogen (secondary N) is 1. The number of hydrogen-bond acceptors (Lipinski definition) is 4. The largest absolute Gasteiger partial charge is 0.445 e. The summed E-state index contributed by atoms with van der Waals surface area (Å²) in [5.41, 5.74) is 0.710. The van der Waals surface area contributed by atoms with Gasteiger partial charge in [-0.1, -0.05) is 15.9 Å². The first-order valence-electron chi connectivity index (χ1n) is 4.83. The Morgan fingerprint density at radius 1 is 1.41 bits per heavy atom. The van der Waals surface area contributed by atoms with E-state index < -0.39 is 11.0 Å². The van der Waals surface area contributed by atoms with Crippen LogP contribution in [0.25, 0.3) is 0 Å². The summed E-state index contributed by atoms with van der Waals surface area (Å²) in [5.74, 6) is 0. The Hall–Kier alpha value is -1.63. The first-order valence-corrected chi connectivity index (χ1v) is 5.95. The summed E-state index contributed by atoms with van der Waals surface area (Å²) in [6, 6.07) is 5.84. The van der Waals surface area contributed by atoms with Crippen LogP contribution >= 0.6 is 15.9 Å². The van der Waals surface area contributed by atoms with Crippen molar-refractivity contribution in [1.29, 1.82) is 0 Å². The van der Waals surface area contributed by atoms with Gasteiger partial charge in [0.2, 0.25) is 0 Å². The van der Waals surface area contributed by atoms with Gasteiger partial charge in [-0.3, -0.25) is 10.1 Å². The van der Waals surface area contributed by atoms with Crippen LogP contribution in [0.1, 0.15) is 5.56 Å². The summed E-state index contributed by atoms with van der Waals surface area (Å²) in [7, 11) is 0. The number of hydrogen-bond donors (Lipinski definition) is 1. The molecule has 1 aromatic carbocycles. The summed E-state index contributed by atoms with van der Waals surface area (Å²) < 4.78 is 4.89. The summed E-state index contributed by atoms with van der Waals surface area (Å²) in [4.78, 5) is 21.0. The van der Waals surface area contributed by atoms with Crippen molar-refractivity contribution in [3.05, 3.63) is 39.9 Å². The molecule has 0 saturated carbocycles. The number of nitro benzene ring substituents is 1. The van der Waals surface area contributed by atoms with Crippen LogP contribution in [0.2, 0.25) is 0 Å². The van der Waals surface area contributed by atoms with Crippen molar-refractivity contribution in [3.63, 3.8) is 0 Å². The zero-order valence-electron chi connectivity index (χ0n) is 8.89. The van der Waals surface area contributed by atoms with Crippen LogP contribution in [0.4, 0.5) is 10.5 Å². The number of benzene rings is 1. The Labute approximate surface area is 106 Å². The highest BCUT2D eigenvalue weighted by Crippen LogP contribution is 2.12. The van der Waals surface area contributed by atoms with Crippen molar-refractivity contribution in [1.82, 2.24) is 5.32 Å². The molecule has 0 unspecified atom stereocenters. The van der Waals surface area contributed by atoms with E-state index in [1.807, 2.05) is 0 Å². The number of ether oxygens (including phenoxy) is 1. The number of rotatable bonds is 5. The Bertz CT molecular complexity index is 394. The minimum atomic E-state index is -0.511. The predicted molar refractivity (Wildman–Crippen MR) is 65.1 cm³/mol. The van der Waals surface area contributed by atoms with Gasteiger partial charge in [-0.25, -0.2) is 4.79 Å². The fourth-order valence-electron chi connectivity index (χ4n) is 1.06. The predicted octanol–water partition coefficient (Wildman–Crippen LogP) is 2.22. The summed E-state index contributed by atoms with van der Waals surface area (Å²) in [6.45, 7) is 0.575. The molecule has 0 heterocycles. The monoisotopic (exact) mass is 302 g/mol. The van der Waals surface area contributed by atoms with Gasteiger partial charge < -0.3 is 10.1 Å². The standard InChI is InChI=1S/C10H11BrN2O4/c11-5-6-12-10(14)17-7-8-1-3-9(4-2-8)13(15)16/h1-4H,5-7H2,(H,12,14). The van der Waals surface area contributed by atoms with Crippen molar-refractivity contribution in [2.45, 2.75) is 6.61 Å². The minimum Gasteiger partial charge on any atom is -0.445 e. The third-order valence-corrected chi connectivity index (χ3v) is 2.28. The molecule has 0 spiro atoms. The van der Waals surface area contributed by atoms with Crippen molar-refractivity contribution >= 4 is 27.7 Å². The van der Waals surface area contributed by atoms with Crippen LogP contribution in [-0.2, 0) is 11.3 Å². The number of carbonyl (C=O) groups excluding carboxylic acids is 1. The molecule has 1 N–H and O–H groups in total. The van der Waals surface area contributed by atoms with E-state index in [-0.39, 0.29) is 12.3 Å². The van der Waals surface area contributed by atoms with Gasteiger partial charge in [0.15, 0.2) is 0 Å². The van der Waals surface area contributed by atoms with Crippen LogP contribution in [0, 0.1) is 10.1 Å². The molecule has 0 aliphatic carbocycles. The van der Waals surface area contributed by atoms with Crippen LogP contribution in [0.5, 0.6) is 0 Å². The van der Waals surface area contributed by atoms with E-state index in [1.54, 1.807) is 12.1 Å². The smallest absolute Gasteiger partial charge is 0.407 e. The Morgan fingerprint density at radius 3 is 2.59 bits per heavy atom. The molecule has 6 nitrogen and oxygen atoms in total. The van der Waals surface area contributed by atoms with E-state index in [2.05, 4.69) is 21.2 Å². The third-order valence-electron chi connectivity index (χ3n) is 1.88. The normalized spacial score (nSPS) is 9.71. The van der Waals surface area contributed by atoms with Crippen LogP contribution in [0.15, 0.2) is 24.3 Å². The highest BCUT2D eigenvalue weighted by Gasteiger charge is 2.05. The zero-order valence-corrected chi connectivity index (χ0v) is 10.5. The number of alkyl halides is 1. The topological polar surface area (TPSA) is 81.5 Å². The Kier molecular flexibility index (Phi) is 5.41. The maximum absolute atomic E-state index is 11.1. The van der Waals surface area contributed by atoms with E-state index >= 15 is 0 Å². The molecular formula is C10H11BrN2O4. The molecule has 0 fully saturated rings. The summed E-state index contributed by atoms with van der Waals surface area (Å²) in [5, 5.41) is 13.6. The quantitative estimate of drug-likeness (QED) is 0.513. The van der Waals surface area contributed by atoms with Crippen molar-refractivity contribution in [2.24, 2.45) is 0 Å². The number of alkyl carbamates (subject to hydrolysis) is 1. The molecule has 0 radical (unpaired) electrons. The molecule has 0 saturated heterocycles. The molecule has 0 bridgehead atoms. The molecule has 17 heavy (non-hydrogen) atoms. The third kappa shape index (κ3) is 4.81. The van der Waals surface area contributed by atoms with E-state index in [1.165, 1.54) is 12.1 Å². The molecule has 1 rings (SSSR count). The van der Waals surface area contributed by atoms with Gasteiger partial charge in [-0.2, -0.15) is 0 Å². The summed E-state index contributed by atoms with van der Waals surface area (Å²) >= 11 is 3.16. The second-order valence-electron chi connectivity index (χ2n) is 3.12. The average Bonchev–Trinajstić information content (AvgIpc) is 2.34. The molecule has 0 aliphatic heterocycles. The van der Waals surface area contributed by atoms with E-state index in [4.69, 9.17) is 4.74 Å². The van der Waals surface area contributed by atoms with E-state index in [0.29, 0.717) is 17.4 Å². The number of halogens is 1. The van der Waals surface area contributed by atoms with Gasteiger partial charge in [0, 0.05) is 24.0 Å². The lowest BCUT2D eigenvalue weighted by Gasteiger charge is -2.05. The van der Waals surface area contributed by atoms with E-state index in [9.17, 15) is 14.9 Å². The van der Waals surface area contributed by atoms with Gasteiger partial charge in [-0.05, 0) is 17.7 Å². The molecule has 0 aliphatic rings. The lowest BCUT2D eigenvalue weighted by Crippen LogP contribution is -2.25. The van der Waals surface area contributed by atoms with Crippen molar-refractivity contribution < 1.29 is 14.5 Å². The highest BCUT2D eigenvalue weighted by molar-refractivity contribution is 9.09. The molecule has 92 valence electrons. The molecule has 1 amide bonds. The molecule has 0 atom stereocenters. The van der Waals surface area contributed by atoms with Gasteiger partial charge in [0.25, 0.3) is 5.69 Å². The van der Waals surface area contributed by atoms with Crippen molar-refractivity contribution in [2.75, 3.05) is 11.9 Å². The number of nitrogens with zero attached hydrogens (tertiary/aromatic N) is 1. The van der Waals surface area contributed by atoms with Crippen LogP contribution in [-0.4, -0.2) is 22.9 Å². The Morgan fingerprint density at radius 2 is 2.06 bits per heavy atom. The fourth-order valence-corrected chi connectivity index (χ4v) is 1.26.